The first-order valence-electron chi connectivity index (χ1n) is 21.3. The molecule has 0 radical (unpaired) electrons. The van der Waals surface area contributed by atoms with Crippen LogP contribution in [0.5, 0.6) is 0 Å². The fraction of sp³-hybridized carbons (Fsp3) is 0. The lowest BCUT2D eigenvalue weighted by atomic mass is 9.97. The zero-order valence-electron chi connectivity index (χ0n) is 34.0. The number of aromatic nitrogens is 2. The maximum absolute atomic E-state index is 9.64. The second-order valence-electron chi connectivity index (χ2n) is 16.4. The van der Waals surface area contributed by atoms with Crippen molar-refractivity contribution in [2.75, 3.05) is 0 Å². The van der Waals surface area contributed by atoms with Crippen molar-refractivity contribution < 1.29 is 4.42 Å². The van der Waals surface area contributed by atoms with Crippen molar-refractivity contribution in [2.24, 2.45) is 0 Å². The van der Waals surface area contributed by atoms with Crippen molar-refractivity contribution in [1.29, 1.82) is 5.26 Å². The highest BCUT2D eigenvalue weighted by atomic mass is 16.3. The van der Waals surface area contributed by atoms with Crippen molar-refractivity contribution in [3.05, 3.63) is 218 Å². The van der Waals surface area contributed by atoms with E-state index in [2.05, 4.69) is 197 Å². The molecule has 0 fully saturated rings. The molecule has 4 heteroatoms. The molecule has 0 amide bonds. The average molecular weight is 802 g/mol. The first kappa shape index (κ1) is 35.1. The Morgan fingerprint density at radius 2 is 0.889 bits per heavy atom. The minimum Gasteiger partial charge on any atom is -0.455 e. The van der Waals surface area contributed by atoms with Crippen LogP contribution >= 0.6 is 0 Å². The molecule has 0 aliphatic heterocycles. The smallest absolute Gasteiger partial charge is 0.143 e. The van der Waals surface area contributed by atoms with Crippen molar-refractivity contribution in [2.45, 2.75) is 0 Å². The predicted octanol–water partition coefficient (Wildman–Crippen LogP) is 15.8. The maximum atomic E-state index is 9.64. The number of fused-ring (bicyclic) bond motifs is 10. The van der Waals surface area contributed by atoms with E-state index in [0.29, 0.717) is 5.56 Å². The molecule has 292 valence electrons. The normalized spacial score (nSPS) is 11.8. The Hall–Kier alpha value is -8.65. The average Bonchev–Trinajstić information content (AvgIpc) is 4.01. The summed E-state index contributed by atoms with van der Waals surface area (Å²) in [6.07, 6.45) is 0. The van der Waals surface area contributed by atoms with Crippen molar-refractivity contribution in [1.82, 2.24) is 9.13 Å². The number of para-hydroxylation sites is 3. The molecule has 10 aromatic carbocycles. The Morgan fingerprint density at radius 1 is 0.349 bits per heavy atom. The van der Waals surface area contributed by atoms with Crippen LogP contribution in [0.4, 0.5) is 0 Å². The molecule has 3 aromatic heterocycles. The van der Waals surface area contributed by atoms with E-state index in [1.54, 1.807) is 0 Å². The van der Waals surface area contributed by atoms with Gasteiger partial charge in [-0.2, -0.15) is 5.26 Å². The van der Waals surface area contributed by atoms with Crippen LogP contribution in [0.15, 0.2) is 217 Å². The Labute approximate surface area is 362 Å². The van der Waals surface area contributed by atoms with Gasteiger partial charge < -0.3 is 13.6 Å². The maximum Gasteiger partial charge on any atom is 0.143 e. The van der Waals surface area contributed by atoms with Crippen LogP contribution in [0.3, 0.4) is 0 Å². The molecule has 0 saturated carbocycles. The van der Waals surface area contributed by atoms with Gasteiger partial charge in [0, 0.05) is 49.3 Å². The summed E-state index contributed by atoms with van der Waals surface area (Å²) in [5.41, 5.74) is 15.9. The van der Waals surface area contributed by atoms with E-state index in [-0.39, 0.29) is 0 Å². The number of nitriles is 1. The molecule has 0 aliphatic rings. The van der Waals surface area contributed by atoms with E-state index >= 15 is 0 Å². The highest BCUT2D eigenvalue weighted by Crippen LogP contribution is 2.41. The molecule has 0 N–H and O–H groups in total. The molecule has 0 aliphatic carbocycles. The summed E-state index contributed by atoms with van der Waals surface area (Å²) in [5, 5.41) is 19.1. The summed E-state index contributed by atoms with van der Waals surface area (Å²) in [7, 11) is 0. The third kappa shape index (κ3) is 5.47. The summed E-state index contributed by atoms with van der Waals surface area (Å²) in [6.45, 7) is 0. The van der Waals surface area contributed by atoms with Gasteiger partial charge in [0.2, 0.25) is 0 Å². The van der Waals surface area contributed by atoms with Crippen LogP contribution in [-0.4, -0.2) is 9.13 Å². The molecule has 0 bridgehead atoms. The highest BCUT2D eigenvalue weighted by Gasteiger charge is 2.18. The summed E-state index contributed by atoms with van der Waals surface area (Å²) in [6, 6.07) is 78.1. The van der Waals surface area contributed by atoms with E-state index in [0.717, 1.165) is 88.8 Å². The topological polar surface area (TPSA) is 46.8 Å². The van der Waals surface area contributed by atoms with Crippen LogP contribution in [-0.2, 0) is 0 Å². The van der Waals surface area contributed by atoms with Gasteiger partial charge in [0.05, 0.1) is 33.7 Å². The standard InChI is InChI=1S/C59H35N3O/c60-36-37-9-7-12-45(31-37)61-54-17-5-3-13-48(54)51-33-42(24-28-55(51)61)39-19-21-40(22-20-39)43-25-29-56-52(34-43)53-35-44(47-15-8-16-50-49-14-4-6-18-58(49)63-59(47)50)26-30-57(53)62(56)46-27-23-38-10-1-2-11-41(38)32-46/h1-35H. The number of nitrogens with zero attached hydrogens (tertiary/aromatic N) is 3. The summed E-state index contributed by atoms with van der Waals surface area (Å²) in [5.74, 6) is 0. The molecule has 0 spiro atoms. The van der Waals surface area contributed by atoms with Gasteiger partial charge in [-0.05, 0) is 117 Å². The van der Waals surface area contributed by atoms with Gasteiger partial charge >= 0.3 is 0 Å². The third-order valence-corrected chi connectivity index (χ3v) is 12.9. The molecular weight excluding hydrogens is 767 g/mol. The van der Waals surface area contributed by atoms with Gasteiger partial charge in [-0.3, -0.25) is 0 Å². The van der Waals surface area contributed by atoms with Crippen molar-refractivity contribution in [3.63, 3.8) is 0 Å². The van der Waals surface area contributed by atoms with Gasteiger partial charge in [-0.1, -0.05) is 133 Å². The summed E-state index contributed by atoms with van der Waals surface area (Å²) >= 11 is 0. The molecule has 13 rings (SSSR count). The SMILES string of the molecule is N#Cc1cccc(-n2c3ccccc3c3cc(-c4ccc(-c5ccc6c(c5)c5cc(-c7cccc8c7oc7ccccc78)ccc5n6-c5ccc6ccccc6c5)cc4)ccc32)c1. The van der Waals surface area contributed by atoms with Crippen LogP contribution in [0.25, 0.3) is 121 Å². The van der Waals surface area contributed by atoms with Crippen LogP contribution in [0.2, 0.25) is 0 Å². The van der Waals surface area contributed by atoms with Gasteiger partial charge in [0.25, 0.3) is 0 Å². The lowest BCUT2D eigenvalue weighted by molar-refractivity contribution is 0.670. The Morgan fingerprint density at radius 3 is 1.62 bits per heavy atom. The van der Waals surface area contributed by atoms with Gasteiger partial charge in [0.15, 0.2) is 0 Å². The van der Waals surface area contributed by atoms with Crippen molar-refractivity contribution >= 4 is 76.3 Å². The third-order valence-electron chi connectivity index (χ3n) is 12.9. The second-order valence-corrected chi connectivity index (χ2v) is 16.4. The predicted molar refractivity (Wildman–Crippen MR) is 261 cm³/mol. The number of benzene rings is 10. The Balaban J connectivity index is 0.937. The number of rotatable bonds is 5. The van der Waals surface area contributed by atoms with Crippen LogP contribution in [0, 0.1) is 11.3 Å². The van der Waals surface area contributed by atoms with Gasteiger partial charge in [-0.15, -0.1) is 0 Å². The Kier molecular flexibility index (Phi) is 7.63. The van der Waals surface area contributed by atoms with Crippen LogP contribution < -0.4 is 0 Å². The zero-order valence-corrected chi connectivity index (χ0v) is 34.0. The fourth-order valence-corrected chi connectivity index (χ4v) is 9.94. The highest BCUT2D eigenvalue weighted by molar-refractivity contribution is 6.14. The summed E-state index contributed by atoms with van der Waals surface area (Å²) < 4.78 is 11.2. The zero-order chi connectivity index (χ0) is 41.6. The molecular formula is C59H35N3O. The molecule has 63 heavy (non-hydrogen) atoms. The molecule has 3 heterocycles. The molecule has 0 atom stereocenters. The van der Waals surface area contributed by atoms with E-state index in [4.69, 9.17) is 4.42 Å². The first-order valence-corrected chi connectivity index (χ1v) is 21.3. The van der Waals surface area contributed by atoms with E-state index in [1.807, 2.05) is 30.3 Å². The second kappa shape index (κ2) is 13.7. The monoisotopic (exact) mass is 801 g/mol. The quantitative estimate of drug-likeness (QED) is 0.174. The van der Waals surface area contributed by atoms with E-state index < -0.39 is 0 Å². The largest absolute Gasteiger partial charge is 0.455 e. The fourth-order valence-electron chi connectivity index (χ4n) is 9.94. The van der Waals surface area contributed by atoms with Crippen molar-refractivity contribution in [3.8, 4) is 50.8 Å². The van der Waals surface area contributed by atoms with Gasteiger partial charge in [0.1, 0.15) is 11.2 Å². The van der Waals surface area contributed by atoms with Crippen LogP contribution in [0.1, 0.15) is 5.56 Å². The minimum absolute atomic E-state index is 0.645. The molecule has 0 saturated heterocycles. The summed E-state index contributed by atoms with van der Waals surface area (Å²) in [4.78, 5) is 0. The van der Waals surface area contributed by atoms with E-state index in [9.17, 15) is 5.26 Å². The first-order chi connectivity index (χ1) is 31.2. The number of furan rings is 1. The Bertz CT molecular complexity index is 4040. The number of hydrogen-bond donors (Lipinski definition) is 0. The molecule has 13 aromatic rings. The number of hydrogen-bond acceptors (Lipinski definition) is 2. The minimum atomic E-state index is 0.645. The molecule has 0 unspecified atom stereocenters. The lowest BCUT2D eigenvalue weighted by Gasteiger charge is -2.10. The van der Waals surface area contributed by atoms with E-state index in [1.165, 1.54) is 32.3 Å². The molecule has 4 nitrogen and oxygen atoms in total. The van der Waals surface area contributed by atoms with Gasteiger partial charge in [-0.25, -0.2) is 0 Å². The lowest BCUT2D eigenvalue weighted by Crippen LogP contribution is -1.94.